The third-order valence-electron chi connectivity index (χ3n) is 6.02. The molecular formula is C15H30OSi2. The summed E-state index contributed by atoms with van der Waals surface area (Å²) in [7, 11) is -2.51. The van der Waals surface area contributed by atoms with Crippen molar-refractivity contribution < 1.29 is 4.43 Å². The fourth-order valence-corrected chi connectivity index (χ4v) is 23.0. The van der Waals surface area contributed by atoms with Gasteiger partial charge in [-0.2, -0.15) is 0 Å². The molecule has 2 rings (SSSR count). The van der Waals surface area contributed by atoms with Crippen LogP contribution in [0.3, 0.4) is 0 Å². The van der Waals surface area contributed by atoms with E-state index in [9.17, 15) is 0 Å². The number of hydrogen-bond donors (Lipinski definition) is 0. The summed E-state index contributed by atoms with van der Waals surface area (Å²) in [5.74, 6) is 0.760. The van der Waals surface area contributed by atoms with E-state index in [0.29, 0.717) is 6.10 Å². The molecule has 2 atom stereocenters. The Kier molecular flexibility index (Phi) is 4.55. The van der Waals surface area contributed by atoms with Crippen molar-refractivity contribution in [1.29, 1.82) is 0 Å². The smallest absolute Gasteiger partial charge is 0.180 e. The third kappa shape index (κ3) is 2.08. The van der Waals surface area contributed by atoms with E-state index in [1.807, 2.05) is 0 Å². The summed E-state index contributed by atoms with van der Waals surface area (Å²) in [6, 6.07) is 7.22. The third-order valence-corrected chi connectivity index (χ3v) is 26.1. The van der Waals surface area contributed by atoms with Crippen LogP contribution in [0.1, 0.15) is 40.5 Å². The van der Waals surface area contributed by atoms with Gasteiger partial charge in [-0.1, -0.05) is 58.0 Å². The molecule has 0 amide bonds. The van der Waals surface area contributed by atoms with E-state index < -0.39 is 15.4 Å². The Morgan fingerprint density at radius 3 is 2.06 bits per heavy atom. The lowest BCUT2D eigenvalue weighted by Gasteiger charge is -2.53. The first-order chi connectivity index (χ1) is 8.67. The van der Waals surface area contributed by atoms with Gasteiger partial charge in [-0.05, 0) is 24.9 Å². The molecule has 0 radical (unpaired) electrons. The van der Waals surface area contributed by atoms with Crippen molar-refractivity contribution in [2.75, 3.05) is 0 Å². The molecule has 0 saturated carbocycles. The molecular weight excluding hydrogens is 252 g/mol. The van der Waals surface area contributed by atoms with Crippen molar-refractivity contribution >= 4 is 15.4 Å². The van der Waals surface area contributed by atoms with Gasteiger partial charge in [0.25, 0.3) is 0 Å². The van der Waals surface area contributed by atoms with Crippen molar-refractivity contribution in [2.45, 2.75) is 76.9 Å². The highest BCUT2D eigenvalue weighted by atomic mass is 29.3. The molecule has 1 nitrogen and oxygen atoms in total. The van der Waals surface area contributed by atoms with Crippen LogP contribution >= 0.6 is 0 Å². The molecule has 18 heavy (non-hydrogen) atoms. The molecule has 1 heterocycles. The Balaban J connectivity index is 2.22. The highest BCUT2D eigenvalue weighted by Crippen LogP contribution is 2.45. The summed E-state index contributed by atoms with van der Waals surface area (Å²) >= 11 is 0. The van der Waals surface area contributed by atoms with Gasteiger partial charge >= 0.3 is 0 Å². The molecule has 2 aliphatic rings. The minimum Gasteiger partial charge on any atom is -0.416 e. The monoisotopic (exact) mass is 282 g/mol. The van der Waals surface area contributed by atoms with Crippen molar-refractivity contribution in [1.82, 2.24) is 0 Å². The van der Waals surface area contributed by atoms with E-state index in [1.165, 1.54) is 37.0 Å². The van der Waals surface area contributed by atoms with Gasteiger partial charge in [-0.15, -0.1) is 0 Å². The van der Waals surface area contributed by atoms with Crippen molar-refractivity contribution in [3.05, 3.63) is 12.2 Å². The van der Waals surface area contributed by atoms with E-state index in [0.717, 1.165) is 5.92 Å². The molecule has 1 saturated heterocycles. The lowest BCUT2D eigenvalue weighted by atomic mass is 9.88. The van der Waals surface area contributed by atoms with Crippen LogP contribution in [0.2, 0.25) is 30.2 Å². The molecule has 0 spiro atoms. The molecule has 0 aromatic heterocycles. The Hall–Kier alpha value is 0.134. The molecule has 0 N–H and O–H groups in total. The molecule has 0 bridgehead atoms. The van der Waals surface area contributed by atoms with Gasteiger partial charge in [-0.25, -0.2) is 0 Å². The molecule has 3 heteroatoms. The van der Waals surface area contributed by atoms with Gasteiger partial charge in [0.15, 0.2) is 7.83 Å². The van der Waals surface area contributed by atoms with Crippen LogP contribution in [-0.4, -0.2) is 21.5 Å². The summed E-state index contributed by atoms with van der Waals surface area (Å²) < 4.78 is 6.92. The molecule has 1 aliphatic heterocycles. The first-order valence-corrected chi connectivity index (χ1v) is 14.0. The fourth-order valence-electron chi connectivity index (χ4n) is 4.41. The van der Waals surface area contributed by atoms with Crippen LogP contribution in [0.5, 0.6) is 0 Å². The SMILES string of the molecule is CC[Si]1(CC)CCC(C2C=CC2)O[Si]1(CC)CC. The van der Waals surface area contributed by atoms with Crippen molar-refractivity contribution in [3.8, 4) is 0 Å². The predicted octanol–water partition coefficient (Wildman–Crippen LogP) is 4.90. The molecule has 0 aromatic carbocycles. The highest BCUT2D eigenvalue weighted by molar-refractivity contribution is 7.40. The molecule has 1 aliphatic carbocycles. The zero-order valence-corrected chi connectivity index (χ0v) is 14.7. The first kappa shape index (κ1) is 14.5. The van der Waals surface area contributed by atoms with Crippen LogP contribution in [0, 0.1) is 5.92 Å². The standard InChI is InChI=1S/C15H30OSi2/c1-5-17(6-2)13-12-15(14-10-9-11-14)16-18(17,7-3)8-4/h9-10,14-15H,5-8,11-13H2,1-4H3. The zero-order valence-electron chi connectivity index (χ0n) is 12.7. The summed E-state index contributed by atoms with van der Waals surface area (Å²) in [5.41, 5.74) is 0. The molecule has 0 aromatic rings. The fraction of sp³-hybridized carbons (Fsp3) is 0.867. The second-order valence-electron chi connectivity index (χ2n) is 6.21. The van der Waals surface area contributed by atoms with Gasteiger partial charge in [0.2, 0.25) is 0 Å². The van der Waals surface area contributed by atoms with Crippen molar-refractivity contribution in [2.24, 2.45) is 5.92 Å². The summed E-state index contributed by atoms with van der Waals surface area (Å²) in [6.45, 7) is 9.75. The number of hydrogen-bond acceptors (Lipinski definition) is 1. The van der Waals surface area contributed by atoms with E-state index in [2.05, 4.69) is 39.8 Å². The van der Waals surface area contributed by atoms with E-state index >= 15 is 0 Å². The molecule has 104 valence electrons. The van der Waals surface area contributed by atoms with Crippen LogP contribution in [0.15, 0.2) is 12.2 Å². The summed E-state index contributed by atoms with van der Waals surface area (Å²) in [6.07, 6.45) is 7.92. The average molecular weight is 283 g/mol. The minimum atomic E-state index is -1.41. The predicted molar refractivity (Wildman–Crippen MR) is 85.0 cm³/mol. The maximum absolute atomic E-state index is 6.92. The van der Waals surface area contributed by atoms with E-state index in [-0.39, 0.29) is 0 Å². The Morgan fingerprint density at radius 2 is 1.67 bits per heavy atom. The second kappa shape index (κ2) is 5.63. The zero-order chi connectivity index (χ0) is 13.2. The largest absolute Gasteiger partial charge is 0.416 e. The lowest BCUT2D eigenvalue weighted by molar-refractivity contribution is 0.130. The second-order valence-corrected chi connectivity index (χ2v) is 20.2. The highest BCUT2D eigenvalue weighted by Gasteiger charge is 2.56. The van der Waals surface area contributed by atoms with Gasteiger partial charge in [0.1, 0.15) is 0 Å². The molecule has 2 unspecified atom stereocenters. The van der Waals surface area contributed by atoms with Gasteiger partial charge < -0.3 is 4.43 Å². The Morgan fingerprint density at radius 1 is 1.06 bits per heavy atom. The quantitative estimate of drug-likeness (QED) is 0.514. The topological polar surface area (TPSA) is 9.23 Å². The van der Waals surface area contributed by atoms with Crippen LogP contribution < -0.4 is 0 Å². The summed E-state index contributed by atoms with van der Waals surface area (Å²) in [5, 5.41) is 0. The maximum atomic E-state index is 6.92. The van der Waals surface area contributed by atoms with E-state index in [1.54, 1.807) is 6.04 Å². The minimum absolute atomic E-state index is 0.584. The van der Waals surface area contributed by atoms with Gasteiger partial charge in [-0.3, -0.25) is 0 Å². The maximum Gasteiger partial charge on any atom is 0.180 e. The number of allylic oxidation sites excluding steroid dienone is 1. The van der Waals surface area contributed by atoms with Crippen LogP contribution in [-0.2, 0) is 4.43 Å². The van der Waals surface area contributed by atoms with Gasteiger partial charge in [0.05, 0.1) is 13.7 Å². The van der Waals surface area contributed by atoms with Crippen LogP contribution in [0.25, 0.3) is 0 Å². The normalized spacial score (nSPS) is 33.1. The first-order valence-electron chi connectivity index (χ1n) is 8.01. The van der Waals surface area contributed by atoms with Crippen LogP contribution in [0.4, 0.5) is 0 Å². The molecule has 1 fully saturated rings. The average Bonchev–Trinajstić information content (AvgIpc) is 2.36. The lowest BCUT2D eigenvalue weighted by Crippen LogP contribution is -2.68. The number of rotatable bonds is 5. The van der Waals surface area contributed by atoms with E-state index in [4.69, 9.17) is 4.43 Å². The van der Waals surface area contributed by atoms with Gasteiger partial charge in [0, 0.05) is 5.92 Å². The Labute approximate surface area is 115 Å². The van der Waals surface area contributed by atoms with Crippen molar-refractivity contribution in [3.63, 3.8) is 0 Å². The Bertz CT molecular complexity index is 306. The summed E-state index contributed by atoms with van der Waals surface area (Å²) in [4.78, 5) is 0.